The molecule has 2 aromatic carbocycles. The molecule has 1 atom stereocenters. The van der Waals surface area contributed by atoms with Crippen LogP contribution in [0.2, 0.25) is 0 Å². The van der Waals surface area contributed by atoms with E-state index in [2.05, 4.69) is 0 Å². The van der Waals surface area contributed by atoms with Crippen molar-refractivity contribution in [3.63, 3.8) is 0 Å². The number of aryl methyl sites for hydroxylation is 1. The van der Waals surface area contributed by atoms with E-state index in [1.54, 1.807) is 22.5 Å². The van der Waals surface area contributed by atoms with E-state index >= 15 is 0 Å². The van der Waals surface area contributed by atoms with Crippen molar-refractivity contribution < 1.29 is 12.8 Å². The summed E-state index contributed by atoms with van der Waals surface area (Å²) in [5.74, 6) is -0.173. The highest BCUT2D eigenvalue weighted by molar-refractivity contribution is 7.92. The third-order valence-electron chi connectivity index (χ3n) is 4.85. The van der Waals surface area contributed by atoms with Gasteiger partial charge in [-0.3, -0.25) is 0 Å². The normalized spacial score (nSPS) is 19.5. The zero-order chi connectivity index (χ0) is 18.6. The number of hydrogen-bond donors (Lipinski definition) is 0. The van der Waals surface area contributed by atoms with Crippen LogP contribution in [0, 0.1) is 12.7 Å². The molecule has 0 saturated carbocycles. The second-order valence-corrected chi connectivity index (χ2v) is 8.68. The maximum Gasteiger partial charge on any atom is 0.236 e. The first-order chi connectivity index (χ1) is 12.4. The number of halogens is 1. The lowest BCUT2D eigenvalue weighted by atomic mass is 9.95. The van der Waals surface area contributed by atoms with Gasteiger partial charge >= 0.3 is 0 Å². The molecule has 0 amide bonds. The fraction of sp³-hybridized carbons (Fsp3) is 0.333. The maximum atomic E-state index is 13.2. The summed E-state index contributed by atoms with van der Waals surface area (Å²) in [6.45, 7) is 2.96. The molecule has 3 rings (SSSR count). The molecule has 5 heteroatoms. The van der Waals surface area contributed by atoms with E-state index in [0.29, 0.717) is 13.1 Å². The molecular weight excluding hydrogens is 349 g/mol. The minimum Gasteiger partial charge on any atom is -0.208 e. The van der Waals surface area contributed by atoms with Crippen molar-refractivity contribution >= 4 is 16.1 Å². The van der Waals surface area contributed by atoms with E-state index < -0.39 is 10.0 Å². The van der Waals surface area contributed by atoms with Gasteiger partial charge in [-0.05, 0) is 55.0 Å². The second kappa shape index (κ2) is 8.14. The van der Waals surface area contributed by atoms with Crippen molar-refractivity contribution in [3.05, 3.63) is 76.4 Å². The van der Waals surface area contributed by atoms with Crippen LogP contribution in [0.5, 0.6) is 0 Å². The Kier molecular flexibility index (Phi) is 5.89. The number of hydrogen-bond acceptors (Lipinski definition) is 2. The summed E-state index contributed by atoms with van der Waals surface area (Å²) in [6, 6.07) is 14.1. The molecule has 138 valence electrons. The van der Waals surface area contributed by atoms with Crippen LogP contribution in [0.4, 0.5) is 4.39 Å². The smallest absolute Gasteiger partial charge is 0.208 e. The van der Waals surface area contributed by atoms with Crippen LogP contribution >= 0.6 is 0 Å². The van der Waals surface area contributed by atoms with Gasteiger partial charge in [-0.1, -0.05) is 48.4 Å². The summed E-state index contributed by atoms with van der Waals surface area (Å²) in [6.07, 6.45) is 4.37. The Morgan fingerprint density at radius 2 is 1.73 bits per heavy atom. The Morgan fingerprint density at radius 3 is 2.42 bits per heavy atom. The number of benzene rings is 2. The lowest BCUT2D eigenvalue weighted by molar-refractivity contribution is 0.412. The van der Waals surface area contributed by atoms with Gasteiger partial charge in [0.2, 0.25) is 10.0 Å². The molecular formula is C21H24FNO2S. The summed E-state index contributed by atoms with van der Waals surface area (Å²) in [4.78, 5) is 0. The van der Waals surface area contributed by atoms with E-state index in [0.717, 1.165) is 36.0 Å². The molecule has 1 fully saturated rings. The van der Waals surface area contributed by atoms with E-state index in [1.165, 1.54) is 17.5 Å². The molecule has 1 aliphatic heterocycles. The molecule has 0 radical (unpaired) electrons. The van der Waals surface area contributed by atoms with E-state index in [1.807, 2.05) is 31.2 Å². The van der Waals surface area contributed by atoms with Crippen molar-refractivity contribution in [2.24, 2.45) is 0 Å². The van der Waals surface area contributed by atoms with Crippen LogP contribution in [0.25, 0.3) is 6.08 Å². The third kappa shape index (κ3) is 4.80. The van der Waals surface area contributed by atoms with Crippen molar-refractivity contribution in [2.75, 3.05) is 13.1 Å². The molecule has 1 saturated heterocycles. The molecule has 0 aliphatic carbocycles. The van der Waals surface area contributed by atoms with Crippen LogP contribution in [-0.2, 0) is 10.0 Å². The monoisotopic (exact) mass is 373 g/mol. The SMILES string of the molecule is Cc1ccc(/C=C/S(=O)(=O)N2CCCCC(c3ccc(F)cc3)C2)cc1. The lowest BCUT2D eigenvalue weighted by Crippen LogP contribution is -2.32. The number of rotatable bonds is 4. The zero-order valence-electron chi connectivity index (χ0n) is 14.9. The summed E-state index contributed by atoms with van der Waals surface area (Å²) in [5, 5.41) is 1.30. The van der Waals surface area contributed by atoms with Crippen LogP contribution in [0.1, 0.15) is 41.9 Å². The Bertz CT molecular complexity index is 858. The predicted molar refractivity (Wildman–Crippen MR) is 104 cm³/mol. The van der Waals surface area contributed by atoms with Gasteiger partial charge in [0.1, 0.15) is 5.82 Å². The highest BCUT2D eigenvalue weighted by atomic mass is 32.2. The average molecular weight is 373 g/mol. The quantitative estimate of drug-likeness (QED) is 0.779. The first-order valence-corrected chi connectivity index (χ1v) is 10.4. The largest absolute Gasteiger partial charge is 0.236 e. The van der Waals surface area contributed by atoms with Crippen LogP contribution < -0.4 is 0 Å². The Balaban J connectivity index is 1.77. The summed E-state index contributed by atoms with van der Waals surface area (Å²) in [5.41, 5.74) is 3.00. The van der Waals surface area contributed by atoms with E-state index in [-0.39, 0.29) is 11.7 Å². The van der Waals surface area contributed by atoms with Gasteiger partial charge in [0.05, 0.1) is 0 Å². The average Bonchev–Trinajstić information content (AvgIpc) is 2.89. The second-order valence-electron chi connectivity index (χ2n) is 6.86. The van der Waals surface area contributed by atoms with Crippen molar-refractivity contribution in [3.8, 4) is 0 Å². The van der Waals surface area contributed by atoms with Crippen molar-refractivity contribution in [2.45, 2.75) is 32.1 Å². The fourth-order valence-electron chi connectivity index (χ4n) is 3.27. The van der Waals surface area contributed by atoms with Gasteiger partial charge in [0.15, 0.2) is 0 Å². The molecule has 1 unspecified atom stereocenters. The van der Waals surface area contributed by atoms with Gasteiger partial charge in [-0.2, -0.15) is 4.31 Å². The predicted octanol–water partition coefficient (Wildman–Crippen LogP) is 4.70. The Labute approximate surface area is 155 Å². The summed E-state index contributed by atoms with van der Waals surface area (Å²) >= 11 is 0. The Morgan fingerprint density at radius 1 is 1.04 bits per heavy atom. The van der Waals surface area contributed by atoms with Gasteiger partial charge < -0.3 is 0 Å². The first kappa shape index (κ1) is 18.8. The van der Waals surface area contributed by atoms with Gasteiger partial charge in [0, 0.05) is 18.5 Å². The fourth-order valence-corrected chi connectivity index (χ4v) is 4.55. The maximum absolute atomic E-state index is 13.2. The minimum absolute atomic E-state index is 0.0978. The Hall–Kier alpha value is -1.98. The topological polar surface area (TPSA) is 37.4 Å². The summed E-state index contributed by atoms with van der Waals surface area (Å²) in [7, 11) is -3.49. The van der Waals surface area contributed by atoms with Gasteiger partial charge in [-0.15, -0.1) is 0 Å². The molecule has 0 bridgehead atoms. The third-order valence-corrected chi connectivity index (χ3v) is 6.38. The van der Waals surface area contributed by atoms with Gasteiger partial charge in [0.25, 0.3) is 0 Å². The molecule has 0 N–H and O–H groups in total. The van der Waals surface area contributed by atoms with Crippen molar-refractivity contribution in [1.29, 1.82) is 0 Å². The van der Waals surface area contributed by atoms with E-state index in [9.17, 15) is 12.8 Å². The van der Waals surface area contributed by atoms with Crippen LogP contribution in [-0.4, -0.2) is 25.8 Å². The van der Waals surface area contributed by atoms with Gasteiger partial charge in [-0.25, -0.2) is 12.8 Å². The standard InChI is InChI=1S/C21H24FNO2S/c1-17-5-7-18(8-6-17)13-15-26(24,25)23-14-3-2-4-20(16-23)19-9-11-21(22)12-10-19/h5-13,15,20H,2-4,14,16H2,1H3/b15-13+. The number of sulfonamides is 1. The highest BCUT2D eigenvalue weighted by Gasteiger charge is 2.26. The minimum atomic E-state index is -3.49. The summed E-state index contributed by atoms with van der Waals surface area (Å²) < 4.78 is 40.3. The first-order valence-electron chi connectivity index (χ1n) is 8.94. The van der Waals surface area contributed by atoms with Crippen LogP contribution in [0.15, 0.2) is 53.9 Å². The molecule has 0 spiro atoms. The highest BCUT2D eigenvalue weighted by Crippen LogP contribution is 2.28. The zero-order valence-corrected chi connectivity index (χ0v) is 15.8. The molecule has 2 aromatic rings. The molecule has 0 aromatic heterocycles. The van der Waals surface area contributed by atoms with Crippen LogP contribution in [0.3, 0.4) is 0 Å². The van der Waals surface area contributed by atoms with E-state index in [4.69, 9.17) is 0 Å². The molecule has 1 heterocycles. The molecule has 26 heavy (non-hydrogen) atoms. The lowest BCUT2D eigenvalue weighted by Gasteiger charge is -2.22. The molecule has 3 nitrogen and oxygen atoms in total. The van der Waals surface area contributed by atoms with Crippen molar-refractivity contribution in [1.82, 2.24) is 4.31 Å². The molecule has 1 aliphatic rings. The number of nitrogens with zero attached hydrogens (tertiary/aromatic N) is 1.